The summed E-state index contributed by atoms with van der Waals surface area (Å²) in [4.78, 5) is 8.66. The smallest absolute Gasteiger partial charge is 0.0898 e. The molecule has 88 valence electrons. The summed E-state index contributed by atoms with van der Waals surface area (Å²) in [5, 5.41) is 0. The van der Waals surface area contributed by atoms with E-state index in [0.717, 1.165) is 22.5 Å². The van der Waals surface area contributed by atoms with Gasteiger partial charge in [0, 0.05) is 18.1 Å². The maximum Gasteiger partial charge on any atom is 0.0898 e. The zero-order chi connectivity index (χ0) is 12.3. The molecule has 0 aliphatic heterocycles. The molecule has 0 amide bonds. The molecule has 0 spiro atoms. The molecule has 0 fully saturated rings. The average Bonchev–Trinajstić information content (AvgIpc) is 2.35. The Hall–Kier alpha value is -1.78. The van der Waals surface area contributed by atoms with Crippen molar-refractivity contribution < 1.29 is 0 Å². The maximum atomic E-state index is 5.63. The van der Waals surface area contributed by atoms with Gasteiger partial charge in [-0.3, -0.25) is 15.8 Å². The SMILES string of the molecule is Cc1ccc(C(NN)c2ncccc2C)cn1. The van der Waals surface area contributed by atoms with Crippen molar-refractivity contribution in [1.82, 2.24) is 15.4 Å². The van der Waals surface area contributed by atoms with E-state index in [1.165, 1.54) is 0 Å². The average molecular weight is 228 g/mol. The molecule has 2 aromatic rings. The first-order valence-corrected chi connectivity index (χ1v) is 5.52. The molecular weight excluding hydrogens is 212 g/mol. The molecule has 0 aliphatic carbocycles. The highest BCUT2D eigenvalue weighted by Gasteiger charge is 2.15. The molecule has 2 aromatic heterocycles. The van der Waals surface area contributed by atoms with Crippen LogP contribution in [0, 0.1) is 13.8 Å². The Morgan fingerprint density at radius 3 is 2.59 bits per heavy atom. The van der Waals surface area contributed by atoms with Crippen LogP contribution >= 0.6 is 0 Å². The van der Waals surface area contributed by atoms with E-state index in [2.05, 4.69) is 15.4 Å². The molecule has 0 saturated carbocycles. The number of rotatable bonds is 3. The highest BCUT2D eigenvalue weighted by Crippen LogP contribution is 2.21. The molecule has 4 nitrogen and oxygen atoms in total. The third kappa shape index (κ3) is 2.49. The largest absolute Gasteiger partial charge is 0.271 e. The van der Waals surface area contributed by atoms with Gasteiger partial charge in [-0.2, -0.15) is 0 Å². The maximum absolute atomic E-state index is 5.63. The Bertz CT molecular complexity index is 493. The van der Waals surface area contributed by atoms with E-state index in [1.54, 1.807) is 6.20 Å². The van der Waals surface area contributed by atoms with Crippen molar-refractivity contribution in [3.8, 4) is 0 Å². The minimum absolute atomic E-state index is 0.121. The lowest BCUT2D eigenvalue weighted by Gasteiger charge is -2.17. The van der Waals surface area contributed by atoms with Crippen molar-refractivity contribution in [2.75, 3.05) is 0 Å². The number of aryl methyl sites for hydroxylation is 2. The molecule has 0 aliphatic rings. The molecule has 0 saturated heterocycles. The third-order valence-electron chi connectivity index (χ3n) is 2.76. The van der Waals surface area contributed by atoms with Gasteiger partial charge in [0.05, 0.1) is 11.7 Å². The molecule has 4 heteroatoms. The topological polar surface area (TPSA) is 63.8 Å². The third-order valence-corrected chi connectivity index (χ3v) is 2.76. The Kier molecular flexibility index (Phi) is 3.46. The number of hydrogen-bond donors (Lipinski definition) is 2. The van der Waals surface area contributed by atoms with E-state index in [-0.39, 0.29) is 6.04 Å². The van der Waals surface area contributed by atoms with Crippen molar-refractivity contribution in [3.05, 3.63) is 59.2 Å². The number of pyridine rings is 2. The van der Waals surface area contributed by atoms with Gasteiger partial charge >= 0.3 is 0 Å². The van der Waals surface area contributed by atoms with Gasteiger partial charge in [-0.05, 0) is 37.1 Å². The van der Waals surface area contributed by atoms with Crippen LogP contribution in [0.5, 0.6) is 0 Å². The Morgan fingerprint density at radius 1 is 1.18 bits per heavy atom. The Labute approximate surface area is 101 Å². The number of hydrogen-bond acceptors (Lipinski definition) is 4. The van der Waals surface area contributed by atoms with Gasteiger partial charge in [0.15, 0.2) is 0 Å². The van der Waals surface area contributed by atoms with Gasteiger partial charge < -0.3 is 0 Å². The van der Waals surface area contributed by atoms with E-state index in [0.29, 0.717) is 0 Å². The van der Waals surface area contributed by atoms with E-state index >= 15 is 0 Å². The van der Waals surface area contributed by atoms with Crippen molar-refractivity contribution in [2.45, 2.75) is 19.9 Å². The predicted octanol–water partition coefficient (Wildman–Crippen LogP) is 1.65. The van der Waals surface area contributed by atoms with E-state index in [1.807, 2.05) is 44.3 Å². The van der Waals surface area contributed by atoms with Crippen LogP contribution in [0.3, 0.4) is 0 Å². The number of nitrogens with zero attached hydrogens (tertiary/aromatic N) is 2. The van der Waals surface area contributed by atoms with Crippen LogP contribution in [0.25, 0.3) is 0 Å². The number of aromatic nitrogens is 2. The van der Waals surface area contributed by atoms with Gasteiger partial charge in [-0.15, -0.1) is 0 Å². The van der Waals surface area contributed by atoms with Gasteiger partial charge in [-0.25, -0.2) is 5.43 Å². The van der Waals surface area contributed by atoms with Crippen molar-refractivity contribution >= 4 is 0 Å². The molecule has 3 N–H and O–H groups in total. The predicted molar refractivity (Wildman–Crippen MR) is 67.1 cm³/mol. The summed E-state index contributed by atoms with van der Waals surface area (Å²) in [7, 11) is 0. The molecule has 0 radical (unpaired) electrons. The number of hydrazine groups is 1. The fourth-order valence-corrected chi connectivity index (χ4v) is 1.78. The minimum Gasteiger partial charge on any atom is -0.271 e. The fraction of sp³-hybridized carbons (Fsp3) is 0.231. The fourth-order valence-electron chi connectivity index (χ4n) is 1.78. The molecule has 0 aromatic carbocycles. The lowest BCUT2D eigenvalue weighted by Crippen LogP contribution is -2.30. The molecule has 2 rings (SSSR count). The molecule has 1 atom stereocenters. The standard InChI is InChI=1S/C13H16N4/c1-9-4-3-7-15-12(9)13(17-14)11-6-5-10(2)16-8-11/h3-8,13,17H,14H2,1-2H3. The van der Waals surface area contributed by atoms with Crippen LogP contribution in [0.1, 0.15) is 28.6 Å². The van der Waals surface area contributed by atoms with Crippen LogP contribution in [0.2, 0.25) is 0 Å². The first kappa shape index (κ1) is 11.7. The van der Waals surface area contributed by atoms with E-state index < -0.39 is 0 Å². The van der Waals surface area contributed by atoms with E-state index in [4.69, 9.17) is 5.84 Å². The first-order valence-electron chi connectivity index (χ1n) is 5.52. The number of nitrogens with two attached hydrogens (primary N) is 1. The molecule has 1 unspecified atom stereocenters. The lowest BCUT2D eigenvalue weighted by molar-refractivity contribution is 0.614. The van der Waals surface area contributed by atoms with Crippen LogP contribution in [0.4, 0.5) is 0 Å². The summed E-state index contributed by atoms with van der Waals surface area (Å²) in [6, 6.07) is 7.80. The zero-order valence-corrected chi connectivity index (χ0v) is 10.0. The second kappa shape index (κ2) is 5.03. The Balaban J connectivity index is 2.40. The summed E-state index contributed by atoms with van der Waals surface area (Å²) >= 11 is 0. The normalized spacial score (nSPS) is 12.4. The van der Waals surface area contributed by atoms with Gasteiger partial charge in [0.1, 0.15) is 0 Å². The summed E-state index contributed by atoms with van der Waals surface area (Å²) in [5.41, 5.74) is 6.83. The summed E-state index contributed by atoms with van der Waals surface area (Å²) in [5.74, 6) is 5.63. The van der Waals surface area contributed by atoms with Crippen LogP contribution < -0.4 is 11.3 Å². The van der Waals surface area contributed by atoms with Gasteiger partial charge in [0.25, 0.3) is 0 Å². The highest BCUT2D eigenvalue weighted by molar-refractivity contribution is 5.30. The van der Waals surface area contributed by atoms with Crippen molar-refractivity contribution in [2.24, 2.45) is 5.84 Å². The summed E-state index contributed by atoms with van der Waals surface area (Å²) in [6.45, 7) is 3.98. The monoisotopic (exact) mass is 228 g/mol. The molecule has 17 heavy (non-hydrogen) atoms. The summed E-state index contributed by atoms with van der Waals surface area (Å²) < 4.78 is 0. The van der Waals surface area contributed by atoms with Crippen LogP contribution in [0.15, 0.2) is 36.7 Å². The van der Waals surface area contributed by atoms with Gasteiger partial charge in [-0.1, -0.05) is 12.1 Å². The quantitative estimate of drug-likeness (QED) is 0.619. The molecule has 0 bridgehead atoms. The molecular formula is C13H16N4. The highest BCUT2D eigenvalue weighted by atomic mass is 15.2. The van der Waals surface area contributed by atoms with Crippen molar-refractivity contribution in [3.63, 3.8) is 0 Å². The Morgan fingerprint density at radius 2 is 2.00 bits per heavy atom. The minimum atomic E-state index is -0.121. The second-order valence-corrected chi connectivity index (χ2v) is 4.04. The van der Waals surface area contributed by atoms with Crippen LogP contribution in [-0.2, 0) is 0 Å². The summed E-state index contributed by atoms with van der Waals surface area (Å²) in [6.07, 6.45) is 3.60. The van der Waals surface area contributed by atoms with E-state index in [9.17, 15) is 0 Å². The van der Waals surface area contributed by atoms with Crippen LogP contribution in [-0.4, -0.2) is 9.97 Å². The first-order chi connectivity index (χ1) is 8.22. The second-order valence-electron chi connectivity index (χ2n) is 4.04. The molecule has 2 heterocycles. The number of nitrogens with one attached hydrogen (secondary N) is 1. The lowest BCUT2D eigenvalue weighted by atomic mass is 10.0. The van der Waals surface area contributed by atoms with Gasteiger partial charge in [0.2, 0.25) is 0 Å². The van der Waals surface area contributed by atoms with Crippen molar-refractivity contribution in [1.29, 1.82) is 0 Å². The zero-order valence-electron chi connectivity index (χ0n) is 10.0.